The second-order valence-electron chi connectivity index (χ2n) is 4.34. The molecule has 1 aliphatic rings. The van der Waals surface area contributed by atoms with Gasteiger partial charge in [0.15, 0.2) is 5.13 Å². The summed E-state index contributed by atoms with van der Waals surface area (Å²) in [6, 6.07) is 5.62. The van der Waals surface area contributed by atoms with Crippen LogP contribution < -0.4 is 4.90 Å². The molecule has 2 heterocycles. The summed E-state index contributed by atoms with van der Waals surface area (Å²) >= 11 is 10.9. The number of fused-ring (bicyclic) bond motifs is 1. The van der Waals surface area contributed by atoms with Crippen LogP contribution in [-0.4, -0.2) is 22.8 Å². The monoisotopic (exact) mass is 344 g/mol. The van der Waals surface area contributed by atoms with Gasteiger partial charge in [-0.25, -0.2) is 4.98 Å². The van der Waals surface area contributed by atoms with Crippen molar-refractivity contribution in [3.8, 4) is 0 Å². The molecule has 2 aromatic rings. The Hall–Kier alpha value is -0.650. The second-order valence-corrected chi connectivity index (χ2v) is 6.43. The minimum Gasteiger partial charge on any atom is -0.288 e. The standard InChI is InChI=1S/C12H10BrClN2OS/c13-5-7-3-11(17)16(6-7)12-15-9-4-8(14)1-2-10(9)18-12/h1-2,4,7H,3,5-6H2. The van der Waals surface area contributed by atoms with Gasteiger partial charge in [-0.3, -0.25) is 9.69 Å². The van der Waals surface area contributed by atoms with Crippen LogP contribution in [0.15, 0.2) is 18.2 Å². The van der Waals surface area contributed by atoms with E-state index in [0.29, 0.717) is 17.4 Å². The number of carbonyl (C=O) groups is 1. The predicted octanol–water partition coefficient (Wildman–Crippen LogP) is 3.70. The van der Waals surface area contributed by atoms with Crippen molar-refractivity contribution in [3.05, 3.63) is 23.2 Å². The summed E-state index contributed by atoms with van der Waals surface area (Å²) in [4.78, 5) is 18.2. The Balaban J connectivity index is 1.97. The highest BCUT2D eigenvalue weighted by atomic mass is 79.9. The van der Waals surface area contributed by atoms with Crippen LogP contribution in [0.1, 0.15) is 6.42 Å². The maximum atomic E-state index is 11.9. The number of hydrogen-bond donors (Lipinski definition) is 0. The number of anilines is 1. The van der Waals surface area contributed by atoms with Crippen molar-refractivity contribution in [2.24, 2.45) is 5.92 Å². The molecule has 0 radical (unpaired) electrons. The van der Waals surface area contributed by atoms with Gasteiger partial charge in [-0.1, -0.05) is 38.9 Å². The van der Waals surface area contributed by atoms with E-state index in [1.54, 1.807) is 4.90 Å². The predicted molar refractivity (Wildman–Crippen MR) is 78.9 cm³/mol. The third-order valence-corrected chi connectivity index (χ3v) is 5.20. The molecule has 1 fully saturated rings. The van der Waals surface area contributed by atoms with Gasteiger partial charge in [-0.2, -0.15) is 0 Å². The fourth-order valence-electron chi connectivity index (χ4n) is 2.07. The molecule has 1 saturated heterocycles. The smallest absolute Gasteiger partial charge is 0.229 e. The lowest BCUT2D eigenvalue weighted by molar-refractivity contribution is -0.117. The first kappa shape index (κ1) is 12.4. The summed E-state index contributed by atoms with van der Waals surface area (Å²) in [5.41, 5.74) is 0.859. The van der Waals surface area contributed by atoms with Gasteiger partial charge in [0.25, 0.3) is 0 Å². The molecule has 0 N–H and O–H groups in total. The number of hydrogen-bond acceptors (Lipinski definition) is 3. The van der Waals surface area contributed by atoms with E-state index in [0.717, 1.165) is 27.2 Å². The van der Waals surface area contributed by atoms with E-state index in [2.05, 4.69) is 20.9 Å². The quantitative estimate of drug-likeness (QED) is 0.778. The number of rotatable bonds is 2. The summed E-state index contributed by atoms with van der Waals surface area (Å²) in [6.45, 7) is 0.748. The Morgan fingerprint density at radius 3 is 3.11 bits per heavy atom. The number of nitrogens with zero attached hydrogens (tertiary/aromatic N) is 2. The van der Waals surface area contributed by atoms with Crippen LogP contribution in [0.4, 0.5) is 5.13 Å². The van der Waals surface area contributed by atoms with Crippen LogP contribution in [0.3, 0.4) is 0 Å². The van der Waals surface area contributed by atoms with Gasteiger partial charge in [-0.05, 0) is 24.1 Å². The minimum atomic E-state index is 0.157. The van der Waals surface area contributed by atoms with Gasteiger partial charge in [0.05, 0.1) is 10.2 Å². The number of aromatic nitrogens is 1. The Bertz CT molecular complexity index is 615. The Kier molecular flexibility index (Phi) is 3.30. The second kappa shape index (κ2) is 4.79. The lowest BCUT2D eigenvalue weighted by Gasteiger charge is -2.11. The van der Waals surface area contributed by atoms with Gasteiger partial charge in [0.2, 0.25) is 5.91 Å². The maximum Gasteiger partial charge on any atom is 0.229 e. The van der Waals surface area contributed by atoms with Crippen molar-refractivity contribution in [1.29, 1.82) is 0 Å². The summed E-state index contributed by atoms with van der Waals surface area (Å²) in [7, 11) is 0. The van der Waals surface area contributed by atoms with Crippen molar-refractivity contribution in [3.63, 3.8) is 0 Å². The average Bonchev–Trinajstić information content (AvgIpc) is 2.91. The third kappa shape index (κ3) is 2.15. The fourth-order valence-corrected chi connectivity index (χ4v) is 3.65. The Morgan fingerprint density at radius 1 is 1.56 bits per heavy atom. The van der Waals surface area contributed by atoms with Crippen molar-refractivity contribution >= 4 is 60.1 Å². The first-order chi connectivity index (χ1) is 8.67. The molecule has 1 aromatic heterocycles. The highest BCUT2D eigenvalue weighted by Gasteiger charge is 2.31. The minimum absolute atomic E-state index is 0.157. The number of halogens is 2. The summed E-state index contributed by atoms with van der Waals surface area (Å²) < 4.78 is 1.06. The third-order valence-electron chi connectivity index (χ3n) is 2.99. The number of carbonyl (C=O) groups excluding carboxylic acids is 1. The van der Waals surface area contributed by atoms with Gasteiger partial charge in [0.1, 0.15) is 0 Å². The van der Waals surface area contributed by atoms with E-state index < -0.39 is 0 Å². The van der Waals surface area contributed by atoms with Gasteiger partial charge in [-0.15, -0.1) is 0 Å². The van der Waals surface area contributed by atoms with Gasteiger partial charge in [0, 0.05) is 23.3 Å². The zero-order valence-corrected chi connectivity index (χ0v) is 12.6. The first-order valence-electron chi connectivity index (χ1n) is 5.60. The Morgan fingerprint density at radius 2 is 2.39 bits per heavy atom. The average molecular weight is 346 g/mol. The van der Waals surface area contributed by atoms with Crippen LogP contribution in [0.2, 0.25) is 5.02 Å². The van der Waals surface area contributed by atoms with Crippen molar-refractivity contribution in [2.75, 3.05) is 16.8 Å². The van der Waals surface area contributed by atoms with Crippen molar-refractivity contribution in [2.45, 2.75) is 6.42 Å². The largest absolute Gasteiger partial charge is 0.288 e. The molecule has 3 nitrogen and oxygen atoms in total. The summed E-state index contributed by atoms with van der Waals surface area (Å²) in [5.74, 6) is 0.540. The molecule has 94 valence electrons. The molecule has 1 amide bonds. The lowest BCUT2D eigenvalue weighted by Crippen LogP contribution is -2.24. The molecule has 6 heteroatoms. The molecular weight excluding hydrogens is 336 g/mol. The SMILES string of the molecule is O=C1CC(CBr)CN1c1nc2cc(Cl)ccc2s1. The fraction of sp³-hybridized carbons (Fsp3) is 0.333. The van der Waals surface area contributed by atoms with E-state index in [-0.39, 0.29) is 5.91 Å². The molecule has 1 aliphatic heterocycles. The molecule has 0 spiro atoms. The highest BCUT2D eigenvalue weighted by Crippen LogP contribution is 2.34. The first-order valence-corrected chi connectivity index (χ1v) is 7.91. The molecule has 1 unspecified atom stereocenters. The van der Waals surface area contributed by atoms with Crippen LogP contribution in [0.5, 0.6) is 0 Å². The van der Waals surface area contributed by atoms with Crippen molar-refractivity contribution < 1.29 is 4.79 Å². The summed E-state index contributed by atoms with van der Waals surface area (Å²) in [5, 5.41) is 2.30. The van der Waals surface area contributed by atoms with E-state index in [1.807, 2.05) is 18.2 Å². The van der Waals surface area contributed by atoms with Gasteiger partial charge >= 0.3 is 0 Å². The zero-order chi connectivity index (χ0) is 12.7. The van der Waals surface area contributed by atoms with Crippen LogP contribution in [0.25, 0.3) is 10.2 Å². The zero-order valence-electron chi connectivity index (χ0n) is 9.40. The molecular formula is C12H10BrClN2OS. The number of amides is 1. The molecule has 3 rings (SSSR count). The number of alkyl halides is 1. The van der Waals surface area contributed by atoms with Gasteiger partial charge < -0.3 is 0 Å². The highest BCUT2D eigenvalue weighted by molar-refractivity contribution is 9.09. The molecule has 0 bridgehead atoms. The molecule has 0 aliphatic carbocycles. The molecule has 1 atom stereocenters. The Labute approximate surface area is 122 Å². The maximum absolute atomic E-state index is 11.9. The van der Waals surface area contributed by atoms with Crippen LogP contribution in [0, 0.1) is 5.92 Å². The molecule has 1 aromatic carbocycles. The summed E-state index contributed by atoms with van der Waals surface area (Å²) in [6.07, 6.45) is 0.599. The normalized spacial score (nSPS) is 20.0. The van der Waals surface area contributed by atoms with E-state index in [4.69, 9.17) is 11.6 Å². The molecule has 18 heavy (non-hydrogen) atoms. The van der Waals surface area contributed by atoms with E-state index in [9.17, 15) is 4.79 Å². The number of thiazole rings is 1. The number of benzene rings is 1. The van der Waals surface area contributed by atoms with E-state index in [1.165, 1.54) is 11.3 Å². The van der Waals surface area contributed by atoms with Crippen LogP contribution in [-0.2, 0) is 4.79 Å². The van der Waals surface area contributed by atoms with Crippen molar-refractivity contribution in [1.82, 2.24) is 4.98 Å². The van der Waals surface area contributed by atoms with E-state index >= 15 is 0 Å². The lowest BCUT2D eigenvalue weighted by atomic mass is 10.2. The van der Waals surface area contributed by atoms with Crippen LogP contribution >= 0.6 is 38.9 Å². The topological polar surface area (TPSA) is 33.2 Å². The molecule has 0 saturated carbocycles.